The van der Waals surface area contributed by atoms with Gasteiger partial charge in [-0.05, 0) is 0 Å². The Labute approximate surface area is 86.2 Å². The maximum Gasteiger partial charge on any atom is 0.312 e. The fourth-order valence-electron chi connectivity index (χ4n) is 1.01. The number of methoxy groups -OCH3 is 2. The monoisotopic (exact) mass is 215 g/mol. The third kappa shape index (κ3) is 1.90. The molecular formula is C8H9NO4S. The highest BCUT2D eigenvalue weighted by atomic mass is 32.1. The summed E-state index contributed by atoms with van der Waals surface area (Å²) in [4.78, 5) is 10.5. The van der Waals surface area contributed by atoms with Crippen LogP contribution in [0.1, 0.15) is 0 Å². The highest BCUT2D eigenvalue weighted by Gasteiger charge is 2.17. The molecule has 0 atom stereocenters. The van der Waals surface area contributed by atoms with Crippen molar-refractivity contribution in [3.63, 3.8) is 0 Å². The first-order chi connectivity index (χ1) is 6.60. The highest BCUT2D eigenvalue weighted by molar-refractivity contribution is 7.80. The first kappa shape index (κ1) is 10.6. The fourth-order valence-corrected chi connectivity index (χ4v) is 1.29. The second-order valence-corrected chi connectivity index (χ2v) is 2.93. The summed E-state index contributed by atoms with van der Waals surface area (Å²) in [5, 5.41) is 10.6. The molecule has 14 heavy (non-hydrogen) atoms. The van der Waals surface area contributed by atoms with Gasteiger partial charge in [0.1, 0.15) is 5.75 Å². The Kier molecular flexibility index (Phi) is 3.19. The van der Waals surface area contributed by atoms with Crippen LogP contribution in [0.2, 0.25) is 0 Å². The van der Waals surface area contributed by atoms with Crippen molar-refractivity contribution in [2.45, 2.75) is 4.90 Å². The summed E-state index contributed by atoms with van der Waals surface area (Å²) in [6.07, 6.45) is 0. The lowest BCUT2D eigenvalue weighted by atomic mass is 10.3. The molecule has 0 aliphatic rings. The van der Waals surface area contributed by atoms with Gasteiger partial charge in [-0.1, -0.05) is 0 Å². The minimum absolute atomic E-state index is 0.127. The third-order valence-corrected chi connectivity index (χ3v) is 2.03. The SMILES string of the molecule is COc1cc(OC)c([N+](=O)[O-])cc1S. The number of benzene rings is 1. The molecule has 0 aliphatic carbocycles. The molecule has 5 nitrogen and oxygen atoms in total. The summed E-state index contributed by atoms with van der Waals surface area (Å²) in [6.45, 7) is 0. The molecular weight excluding hydrogens is 206 g/mol. The van der Waals surface area contributed by atoms with E-state index in [1.165, 1.54) is 26.4 Å². The maximum atomic E-state index is 10.6. The van der Waals surface area contributed by atoms with Crippen LogP contribution in [-0.4, -0.2) is 19.1 Å². The third-order valence-electron chi connectivity index (χ3n) is 1.68. The molecule has 0 saturated carbocycles. The summed E-state index contributed by atoms with van der Waals surface area (Å²) in [7, 11) is 2.82. The van der Waals surface area contributed by atoms with Gasteiger partial charge in [0, 0.05) is 12.1 Å². The van der Waals surface area contributed by atoms with E-state index in [9.17, 15) is 10.1 Å². The minimum atomic E-state index is -0.530. The number of rotatable bonds is 3. The van der Waals surface area contributed by atoms with Gasteiger partial charge < -0.3 is 9.47 Å². The van der Waals surface area contributed by atoms with Crippen molar-refractivity contribution in [1.82, 2.24) is 0 Å². The standard InChI is InChI=1S/C8H9NO4S/c1-12-6-4-7(13-2)8(14)3-5(6)9(10)11/h3-4,14H,1-2H3. The van der Waals surface area contributed by atoms with Gasteiger partial charge in [-0.15, -0.1) is 12.6 Å². The van der Waals surface area contributed by atoms with E-state index >= 15 is 0 Å². The normalized spacial score (nSPS) is 9.64. The molecule has 0 amide bonds. The first-order valence-corrected chi connectivity index (χ1v) is 4.14. The zero-order valence-electron chi connectivity index (χ0n) is 7.68. The van der Waals surface area contributed by atoms with Crippen molar-refractivity contribution in [3.8, 4) is 11.5 Å². The lowest BCUT2D eigenvalue weighted by molar-refractivity contribution is -0.386. The van der Waals surface area contributed by atoms with Crippen molar-refractivity contribution in [2.75, 3.05) is 14.2 Å². The van der Waals surface area contributed by atoms with Gasteiger partial charge in [0.2, 0.25) is 5.75 Å². The average molecular weight is 215 g/mol. The van der Waals surface area contributed by atoms with Gasteiger partial charge in [0.15, 0.2) is 0 Å². The Bertz CT molecular complexity index is 367. The van der Waals surface area contributed by atoms with E-state index in [0.29, 0.717) is 10.6 Å². The number of hydrogen-bond acceptors (Lipinski definition) is 5. The van der Waals surface area contributed by atoms with Gasteiger partial charge in [0.25, 0.3) is 0 Å². The summed E-state index contributed by atoms with van der Waals surface area (Å²) >= 11 is 4.04. The van der Waals surface area contributed by atoms with Gasteiger partial charge in [0.05, 0.1) is 24.0 Å². The molecule has 1 aromatic carbocycles. The molecule has 6 heteroatoms. The summed E-state index contributed by atoms with van der Waals surface area (Å²) in [5.74, 6) is 0.598. The van der Waals surface area contributed by atoms with Crippen LogP contribution in [0.3, 0.4) is 0 Å². The summed E-state index contributed by atoms with van der Waals surface area (Å²) < 4.78 is 9.79. The summed E-state index contributed by atoms with van der Waals surface area (Å²) in [6, 6.07) is 2.72. The van der Waals surface area contributed by atoms with Crippen molar-refractivity contribution in [1.29, 1.82) is 0 Å². The van der Waals surface area contributed by atoms with E-state index in [1.54, 1.807) is 0 Å². The lowest BCUT2D eigenvalue weighted by Crippen LogP contribution is -1.95. The molecule has 0 aromatic heterocycles. The number of nitrogens with zero attached hydrogens (tertiary/aromatic N) is 1. The van der Waals surface area contributed by atoms with Gasteiger partial charge >= 0.3 is 5.69 Å². The minimum Gasteiger partial charge on any atom is -0.495 e. The van der Waals surface area contributed by atoms with Crippen LogP contribution in [0.5, 0.6) is 11.5 Å². The van der Waals surface area contributed by atoms with Crippen molar-refractivity contribution in [2.24, 2.45) is 0 Å². The summed E-state index contributed by atoms with van der Waals surface area (Å²) in [5.41, 5.74) is -0.127. The number of nitro benzene ring substituents is 1. The van der Waals surface area contributed by atoms with E-state index in [-0.39, 0.29) is 11.4 Å². The Hall–Kier alpha value is -1.43. The predicted molar refractivity (Wildman–Crippen MR) is 53.5 cm³/mol. The Morgan fingerprint density at radius 2 is 1.86 bits per heavy atom. The zero-order chi connectivity index (χ0) is 10.7. The van der Waals surface area contributed by atoms with Crippen molar-refractivity contribution in [3.05, 3.63) is 22.2 Å². The molecule has 0 saturated heterocycles. The molecule has 0 aliphatic heterocycles. The van der Waals surface area contributed by atoms with Crippen molar-refractivity contribution < 1.29 is 14.4 Å². The second kappa shape index (κ2) is 4.19. The van der Waals surface area contributed by atoms with Crippen LogP contribution in [0.4, 0.5) is 5.69 Å². The number of hydrogen-bond donors (Lipinski definition) is 1. The van der Waals surface area contributed by atoms with Gasteiger partial charge in [-0.25, -0.2) is 0 Å². The molecule has 0 unspecified atom stereocenters. The topological polar surface area (TPSA) is 61.6 Å². The Balaban J connectivity index is 3.31. The van der Waals surface area contributed by atoms with Crippen LogP contribution in [-0.2, 0) is 0 Å². The molecule has 76 valence electrons. The van der Waals surface area contributed by atoms with Crippen LogP contribution in [0, 0.1) is 10.1 Å². The quantitative estimate of drug-likeness (QED) is 0.475. The zero-order valence-corrected chi connectivity index (χ0v) is 8.58. The highest BCUT2D eigenvalue weighted by Crippen LogP contribution is 2.35. The predicted octanol–water partition coefficient (Wildman–Crippen LogP) is 1.90. The van der Waals surface area contributed by atoms with Crippen LogP contribution in [0.15, 0.2) is 17.0 Å². The number of ether oxygens (including phenoxy) is 2. The number of thiol groups is 1. The molecule has 0 N–H and O–H groups in total. The first-order valence-electron chi connectivity index (χ1n) is 3.69. The van der Waals surface area contributed by atoms with Gasteiger partial charge in [-0.3, -0.25) is 10.1 Å². The van der Waals surface area contributed by atoms with Crippen LogP contribution < -0.4 is 9.47 Å². The van der Waals surface area contributed by atoms with Crippen LogP contribution in [0.25, 0.3) is 0 Å². The average Bonchev–Trinajstić information content (AvgIpc) is 2.17. The fraction of sp³-hybridized carbons (Fsp3) is 0.250. The van der Waals surface area contributed by atoms with E-state index in [1.807, 2.05) is 0 Å². The lowest BCUT2D eigenvalue weighted by Gasteiger charge is -2.06. The molecule has 0 fully saturated rings. The Morgan fingerprint density at radius 1 is 1.29 bits per heavy atom. The smallest absolute Gasteiger partial charge is 0.312 e. The molecule has 0 radical (unpaired) electrons. The molecule has 0 bridgehead atoms. The van der Waals surface area contributed by atoms with Crippen molar-refractivity contribution >= 4 is 18.3 Å². The van der Waals surface area contributed by atoms with E-state index in [4.69, 9.17) is 9.47 Å². The van der Waals surface area contributed by atoms with E-state index < -0.39 is 4.92 Å². The maximum absolute atomic E-state index is 10.6. The molecule has 1 rings (SSSR count). The second-order valence-electron chi connectivity index (χ2n) is 2.45. The van der Waals surface area contributed by atoms with Gasteiger partial charge in [-0.2, -0.15) is 0 Å². The number of nitro groups is 1. The van der Waals surface area contributed by atoms with Crippen LogP contribution >= 0.6 is 12.6 Å². The largest absolute Gasteiger partial charge is 0.495 e. The van der Waals surface area contributed by atoms with E-state index in [0.717, 1.165) is 0 Å². The molecule has 0 heterocycles. The van der Waals surface area contributed by atoms with E-state index in [2.05, 4.69) is 12.6 Å². The molecule has 1 aromatic rings. The Morgan fingerprint density at radius 3 is 2.29 bits per heavy atom. The molecule has 0 spiro atoms.